The quantitative estimate of drug-likeness (QED) is 0.498. The molecule has 1 amide bonds. The highest BCUT2D eigenvalue weighted by Gasteiger charge is 2.30. The second-order valence-corrected chi connectivity index (χ2v) is 6.92. The molecule has 3 rings (SSSR count). The first kappa shape index (κ1) is 17.8. The van der Waals surface area contributed by atoms with Crippen molar-refractivity contribution in [1.82, 2.24) is 5.32 Å². The lowest BCUT2D eigenvalue weighted by molar-refractivity contribution is -0.384. The van der Waals surface area contributed by atoms with E-state index in [1.54, 1.807) is 18.3 Å². The lowest BCUT2D eigenvalue weighted by Gasteiger charge is -2.04. The van der Waals surface area contributed by atoms with Gasteiger partial charge in [0.1, 0.15) is 0 Å². The van der Waals surface area contributed by atoms with Gasteiger partial charge in [0.2, 0.25) is 5.91 Å². The summed E-state index contributed by atoms with van der Waals surface area (Å²) in [6, 6.07) is 14.1. The second-order valence-electron chi connectivity index (χ2n) is 5.73. The number of nitrogens with one attached hydrogen (secondary N) is 1. The summed E-state index contributed by atoms with van der Waals surface area (Å²) in [5.41, 5.74) is 2.79. The number of benzene rings is 2. The van der Waals surface area contributed by atoms with Crippen LogP contribution in [0.2, 0.25) is 0 Å². The molecule has 1 saturated heterocycles. The predicted molar refractivity (Wildman–Crippen MR) is 103 cm³/mol. The van der Waals surface area contributed by atoms with E-state index in [0.29, 0.717) is 11.6 Å². The average Bonchev–Trinajstić information content (AvgIpc) is 2.96. The molecule has 1 aliphatic rings. The summed E-state index contributed by atoms with van der Waals surface area (Å²) < 4.78 is 0. The number of amidine groups is 1. The molecule has 0 saturated carbocycles. The number of rotatable bonds is 5. The van der Waals surface area contributed by atoms with Crippen molar-refractivity contribution >= 4 is 34.7 Å². The normalized spacial score (nSPS) is 18.4. The molecule has 1 aliphatic heterocycles. The number of nitro benzene ring substituents is 1. The molecular formula is C18H16N4O3S. The van der Waals surface area contributed by atoms with E-state index in [1.165, 1.54) is 23.9 Å². The molecule has 1 fully saturated rings. The zero-order chi connectivity index (χ0) is 18.5. The van der Waals surface area contributed by atoms with Gasteiger partial charge in [-0.25, -0.2) is 0 Å². The Morgan fingerprint density at radius 3 is 2.85 bits per heavy atom. The molecule has 1 unspecified atom stereocenters. The molecule has 0 radical (unpaired) electrons. The van der Waals surface area contributed by atoms with E-state index < -0.39 is 4.92 Å². The SMILES string of the molecule is Cc1ccccc1/C=N/N=C1\NC(=O)C(Cc2cccc([N+](=O)[O-])c2)S1. The van der Waals surface area contributed by atoms with Crippen LogP contribution in [-0.4, -0.2) is 27.5 Å². The number of thioether (sulfide) groups is 1. The minimum absolute atomic E-state index is 0.0163. The van der Waals surface area contributed by atoms with Crippen LogP contribution in [0.4, 0.5) is 5.69 Å². The van der Waals surface area contributed by atoms with Crippen LogP contribution in [0, 0.1) is 17.0 Å². The number of carbonyl (C=O) groups excluding carboxylic acids is 1. The summed E-state index contributed by atoms with van der Waals surface area (Å²) in [5, 5.41) is 21.7. The summed E-state index contributed by atoms with van der Waals surface area (Å²) in [6.45, 7) is 1.98. The Morgan fingerprint density at radius 1 is 1.27 bits per heavy atom. The van der Waals surface area contributed by atoms with Gasteiger partial charge in [-0.1, -0.05) is 48.2 Å². The Kier molecular flexibility index (Phi) is 5.43. The number of amides is 1. The van der Waals surface area contributed by atoms with E-state index in [0.717, 1.165) is 16.7 Å². The van der Waals surface area contributed by atoms with Gasteiger partial charge in [-0.15, -0.1) is 5.10 Å². The number of non-ortho nitro benzene ring substituents is 1. The molecular weight excluding hydrogens is 352 g/mol. The Bertz CT molecular complexity index is 911. The van der Waals surface area contributed by atoms with Crippen molar-refractivity contribution < 1.29 is 9.72 Å². The van der Waals surface area contributed by atoms with Gasteiger partial charge in [-0.2, -0.15) is 5.10 Å². The first-order valence-electron chi connectivity index (χ1n) is 7.90. The first-order valence-corrected chi connectivity index (χ1v) is 8.78. The highest BCUT2D eigenvalue weighted by molar-refractivity contribution is 8.15. The number of nitro groups is 1. The minimum Gasteiger partial charge on any atom is -0.303 e. The summed E-state index contributed by atoms with van der Waals surface area (Å²) in [5.74, 6) is -0.175. The van der Waals surface area contributed by atoms with E-state index in [-0.39, 0.29) is 16.8 Å². The molecule has 132 valence electrons. The summed E-state index contributed by atoms with van der Waals surface area (Å²) in [4.78, 5) is 22.5. The van der Waals surface area contributed by atoms with Crippen LogP contribution in [0.5, 0.6) is 0 Å². The average molecular weight is 368 g/mol. The lowest BCUT2D eigenvalue weighted by atomic mass is 10.1. The van der Waals surface area contributed by atoms with E-state index in [9.17, 15) is 14.9 Å². The van der Waals surface area contributed by atoms with Crippen LogP contribution in [0.1, 0.15) is 16.7 Å². The maximum Gasteiger partial charge on any atom is 0.269 e. The van der Waals surface area contributed by atoms with Crippen LogP contribution >= 0.6 is 11.8 Å². The van der Waals surface area contributed by atoms with Crippen molar-refractivity contribution in [2.45, 2.75) is 18.6 Å². The third-order valence-corrected chi connectivity index (χ3v) is 4.93. The fourth-order valence-corrected chi connectivity index (χ4v) is 3.44. The molecule has 7 nitrogen and oxygen atoms in total. The monoisotopic (exact) mass is 368 g/mol. The van der Waals surface area contributed by atoms with Crippen LogP contribution in [0.15, 0.2) is 58.7 Å². The fraction of sp³-hybridized carbons (Fsp3) is 0.167. The summed E-state index contributed by atoms with van der Waals surface area (Å²) >= 11 is 1.27. The van der Waals surface area contributed by atoms with Gasteiger partial charge in [0.15, 0.2) is 5.17 Å². The Labute approximate surface area is 154 Å². The standard InChI is InChI=1S/C18H16N4O3S/c1-12-5-2-3-7-14(12)11-19-21-18-20-17(23)16(26-18)10-13-6-4-8-15(9-13)22(24)25/h2-9,11,16H,10H2,1H3,(H,20,21,23)/b19-11+. The molecule has 2 aromatic carbocycles. The molecule has 2 aromatic rings. The third kappa shape index (κ3) is 4.34. The molecule has 0 spiro atoms. The highest BCUT2D eigenvalue weighted by atomic mass is 32.2. The van der Waals surface area contributed by atoms with E-state index >= 15 is 0 Å². The maximum absolute atomic E-state index is 12.1. The van der Waals surface area contributed by atoms with Gasteiger partial charge in [-0.3, -0.25) is 14.9 Å². The summed E-state index contributed by atoms with van der Waals surface area (Å²) in [7, 11) is 0. The fourth-order valence-electron chi connectivity index (χ4n) is 2.47. The number of nitrogens with zero attached hydrogens (tertiary/aromatic N) is 3. The molecule has 8 heteroatoms. The van der Waals surface area contributed by atoms with Crippen LogP contribution in [0.25, 0.3) is 0 Å². The minimum atomic E-state index is -0.446. The molecule has 1 N–H and O–H groups in total. The molecule has 0 aromatic heterocycles. The molecule has 26 heavy (non-hydrogen) atoms. The molecule has 1 heterocycles. The van der Waals surface area contributed by atoms with E-state index in [2.05, 4.69) is 15.5 Å². The van der Waals surface area contributed by atoms with Crippen LogP contribution in [0.3, 0.4) is 0 Å². The zero-order valence-electron chi connectivity index (χ0n) is 14.0. The van der Waals surface area contributed by atoms with Crippen molar-refractivity contribution in [2.75, 3.05) is 0 Å². The Balaban J connectivity index is 1.66. The van der Waals surface area contributed by atoms with E-state index in [1.807, 2.05) is 31.2 Å². The van der Waals surface area contributed by atoms with Crippen LogP contribution < -0.4 is 5.32 Å². The van der Waals surface area contributed by atoms with Crippen molar-refractivity contribution in [2.24, 2.45) is 10.2 Å². The molecule has 1 atom stereocenters. The van der Waals surface area contributed by atoms with Gasteiger partial charge in [0, 0.05) is 12.1 Å². The number of carbonyl (C=O) groups is 1. The van der Waals surface area contributed by atoms with Gasteiger partial charge < -0.3 is 5.32 Å². The van der Waals surface area contributed by atoms with Crippen molar-refractivity contribution in [3.63, 3.8) is 0 Å². The smallest absolute Gasteiger partial charge is 0.269 e. The van der Waals surface area contributed by atoms with Gasteiger partial charge in [-0.05, 0) is 30.0 Å². The van der Waals surface area contributed by atoms with Crippen molar-refractivity contribution in [3.8, 4) is 0 Å². The Morgan fingerprint density at radius 2 is 2.08 bits per heavy atom. The largest absolute Gasteiger partial charge is 0.303 e. The summed E-state index contributed by atoms with van der Waals surface area (Å²) in [6.07, 6.45) is 2.03. The molecule has 0 bridgehead atoms. The third-order valence-electron chi connectivity index (χ3n) is 3.85. The topological polar surface area (TPSA) is 97.0 Å². The number of aryl methyl sites for hydroxylation is 1. The van der Waals surface area contributed by atoms with Gasteiger partial charge in [0.05, 0.1) is 16.4 Å². The molecule has 0 aliphatic carbocycles. The maximum atomic E-state index is 12.1. The zero-order valence-corrected chi connectivity index (χ0v) is 14.8. The van der Waals surface area contributed by atoms with E-state index in [4.69, 9.17) is 0 Å². The van der Waals surface area contributed by atoms with Gasteiger partial charge in [0.25, 0.3) is 5.69 Å². The van der Waals surface area contributed by atoms with Crippen molar-refractivity contribution in [3.05, 3.63) is 75.3 Å². The second kappa shape index (κ2) is 7.92. The lowest BCUT2D eigenvalue weighted by Crippen LogP contribution is -2.25. The van der Waals surface area contributed by atoms with Crippen molar-refractivity contribution in [1.29, 1.82) is 0 Å². The number of hydrogen-bond acceptors (Lipinski definition) is 6. The predicted octanol–water partition coefficient (Wildman–Crippen LogP) is 3.07. The highest BCUT2D eigenvalue weighted by Crippen LogP contribution is 2.24. The van der Waals surface area contributed by atoms with Crippen LogP contribution in [-0.2, 0) is 11.2 Å². The van der Waals surface area contributed by atoms with Gasteiger partial charge >= 0.3 is 0 Å². The first-order chi connectivity index (χ1) is 12.5. The number of hydrogen-bond donors (Lipinski definition) is 1. The Hall–Kier alpha value is -3.00.